The third-order valence-corrected chi connectivity index (χ3v) is 3.51. The molecule has 0 saturated carbocycles. The quantitative estimate of drug-likeness (QED) is 0.908. The van der Waals surface area contributed by atoms with Gasteiger partial charge in [0.15, 0.2) is 0 Å². The molecule has 3 rings (SSSR count). The van der Waals surface area contributed by atoms with E-state index < -0.39 is 12.0 Å². The van der Waals surface area contributed by atoms with Crippen LogP contribution in [0.2, 0.25) is 0 Å². The van der Waals surface area contributed by atoms with E-state index in [0.717, 1.165) is 19.5 Å². The Hall–Kier alpha value is -1.56. The van der Waals surface area contributed by atoms with Gasteiger partial charge < -0.3 is 9.88 Å². The lowest BCUT2D eigenvalue weighted by atomic mass is 10.1. The molecule has 102 valence electrons. The summed E-state index contributed by atoms with van der Waals surface area (Å²) in [4.78, 5) is 3.74. The average molecular weight is 269 g/mol. The number of halogens is 3. The van der Waals surface area contributed by atoms with E-state index >= 15 is 0 Å². The Morgan fingerprint density at radius 2 is 2.11 bits per heavy atom. The van der Waals surface area contributed by atoms with Crippen molar-refractivity contribution in [2.24, 2.45) is 5.92 Å². The molecule has 2 heterocycles. The molecule has 6 heteroatoms. The third kappa shape index (κ3) is 2.32. The van der Waals surface area contributed by atoms with Gasteiger partial charge in [-0.1, -0.05) is 12.1 Å². The second kappa shape index (κ2) is 4.52. The maximum Gasteiger partial charge on any atom is 0.449 e. The molecular weight excluding hydrogens is 255 g/mol. The summed E-state index contributed by atoms with van der Waals surface area (Å²) in [7, 11) is 0. The predicted octanol–water partition coefficient (Wildman–Crippen LogP) is 2.66. The Labute approximate surface area is 108 Å². The van der Waals surface area contributed by atoms with Crippen molar-refractivity contribution in [3.8, 4) is 0 Å². The molecular formula is C13H14F3N3. The Balaban J connectivity index is 2.07. The first-order valence-electron chi connectivity index (χ1n) is 6.29. The fourth-order valence-corrected chi connectivity index (χ4v) is 2.61. The molecule has 2 aromatic rings. The summed E-state index contributed by atoms with van der Waals surface area (Å²) >= 11 is 0. The van der Waals surface area contributed by atoms with E-state index in [1.165, 1.54) is 4.57 Å². The van der Waals surface area contributed by atoms with E-state index in [1.54, 1.807) is 24.3 Å². The van der Waals surface area contributed by atoms with Crippen LogP contribution < -0.4 is 5.32 Å². The zero-order chi connectivity index (χ0) is 13.5. The Kier molecular flexibility index (Phi) is 2.97. The molecule has 1 atom stereocenters. The van der Waals surface area contributed by atoms with Gasteiger partial charge in [-0.3, -0.25) is 0 Å². The zero-order valence-corrected chi connectivity index (χ0v) is 10.2. The van der Waals surface area contributed by atoms with Gasteiger partial charge in [0.1, 0.15) is 0 Å². The second-order valence-corrected chi connectivity index (χ2v) is 4.89. The van der Waals surface area contributed by atoms with Crippen LogP contribution >= 0.6 is 0 Å². The van der Waals surface area contributed by atoms with Gasteiger partial charge in [-0.2, -0.15) is 13.2 Å². The van der Waals surface area contributed by atoms with Crippen LogP contribution in [-0.4, -0.2) is 22.6 Å². The van der Waals surface area contributed by atoms with Crippen LogP contribution in [-0.2, 0) is 12.7 Å². The number of nitrogens with zero attached hydrogens (tertiary/aromatic N) is 2. The maximum absolute atomic E-state index is 13.1. The fraction of sp³-hybridized carbons (Fsp3) is 0.462. The Morgan fingerprint density at radius 3 is 2.79 bits per heavy atom. The lowest BCUT2D eigenvalue weighted by molar-refractivity contribution is -0.147. The van der Waals surface area contributed by atoms with Gasteiger partial charge in [0.2, 0.25) is 5.82 Å². The van der Waals surface area contributed by atoms with E-state index in [-0.39, 0.29) is 5.92 Å². The number of hydrogen-bond donors (Lipinski definition) is 1. The number of hydrogen-bond acceptors (Lipinski definition) is 2. The van der Waals surface area contributed by atoms with Crippen LogP contribution in [0.25, 0.3) is 11.0 Å². The van der Waals surface area contributed by atoms with Crippen LogP contribution in [0, 0.1) is 5.92 Å². The van der Waals surface area contributed by atoms with E-state index in [1.807, 2.05) is 0 Å². The monoisotopic (exact) mass is 269 g/mol. The molecule has 1 fully saturated rings. The minimum absolute atomic E-state index is 0.235. The van der Waals surface area contributed by atoms with Crippen molar-refractivity contribution in [2.75, 3.05) is 13.1 Å². The lowest BCUT2D eigenvalue weighted by Gasteiger charge is -2.15. The van der Waals surface area contributed by atoms with Crippen molar-refractivity contribution in [3.05, 3.63) is 30.1 Å². The van der Waals surface area contributed by atoms with Crippen LogP contribution in [0.5, 0.6) is 0 Å². The minimum Gasteiger partial charge on any atom is -0.320 e. The summed E-state index contributed by atoms with van der Waals surface area (Å²) in [5.41, 5.74) is 0.961. The molecule has 0 radical (unpaired) electrons. The largest absolute Gasteiger partial charge is 0.449 e. The molecule has 3 nitrogen and oxygen atoms in total. The highest BCUT2D eigenvalue weighted by atomic mass is 19.4. The topological polar surface area (TPSA) is 29.9 Å². The first-order valence-corrected chi connectivity index (χ1v) is 6.29. The summed E-state index contributed by atoms with van der Waals surface area (Å²) < 4.78 is 40.5. The van der Waals surface area contributed by atoms with Crippen molar-refractivity contribution < 1.29 is 13.2 Å². The predicted molar refractivity (Wildman–Crippen MR) is 65.7 cm³/mol. The number of aromatic nitrogens is 2. The van der Waals surface area contributed by atoms with Gasteiger partial charge >= 0.3 is 6.18 Å². The molecule has 0 amide bonds. The van der Waals surface area contributed by atoms with Gasteiger partial charge in [0, 0.05) is 6.54 Å². The van der Waals surface area contributed by atoms with Crippen LogP contribution in [0.4, 0.5) is 13.2 Å². The molecule has 1 unspecified atom stereocenters. The van der Waals surface area contributed by atoms with Crippen molar-refractivity contribution in [3.63, 3.8) is 0 Å². The smallest absolute Gasteiger partial charge is 0.320 e. The van der Waals surface area contributed by atoms with Crippen LogP contribution in [0.15, 0.2) is 24.3 Å². The number of imidazole rings is 1. The second-order valence-electron chi connectivity index (χ2n) is 4.89. The summed E-state index contributed by atoms with van der Waals surface area (Å²) in [5.74, 6) is -0.556. The van der Waals surface area contributed by atoms with Gasteiger partial charge in [-0.15, -0.1) is 0 Å². The minimum atomic E-state index is -4.41. The molecule has 19 heavy (non-hydrogen) atoms. The summed E-state index contributed by atoms with van der Waals surface area (Å²) in [5, 5.41) is 3.18. The molecule has 1 aliphatic rings. The van der Waals surface area contributed by atoms with Crippen molar-refractivity contribution in [2.45, 2.75) is 19.1 Å². The molecule has 1 N–H and O–H groups in total. The molecule has 1 aliphatic heterocycles. The number of fused-ring (bicyclic) bond motifs is 1. The van der Waals surface area contributed by atoms with Crippen molar-refractivity contribution in [1.82, 2.24) is 14.9 Å². The summed E-state index contributed by atoms with van der Waals surface area (Å²) in [6.45, 7) is 2.00. The van der Waals surface area contributed by atoms with E-state index in [2.05, 4.69) is 10.3 Å². The average Bonchev–Trinajstić information content (AvgIpc) is 2.97. The van der Waals surface area contributed by atoms with Gasteiger partial charge in [0.25, 0.3) is 0 Å². The lowest BCUT2D eigenvalue weighted by Crippen LogP contribution is -2.20. The van der Waals surface area contributed by atoms with E-state index in [4.69, 9.17) is 0 Å². The normalized spacial score (nSPS) is 20.3. The third-order valence-electron chi connectivity index (χ3n) is 3.51. The van der Waals surface area contributed by atoms with Gasteiger partial charge in [0.05, 0.1) is 11.0 Å². The Morgan fingerprint density at radius 1 is 1.32 bits per heavy atom. The summed E-state index contributed by atoms with van der Waals surface area (Å²) in [6, 6.07) is 6.76. The number of alkyl halides is 3. The fourth-order valence-electron chi connectivity index (χ4n) is 2.61. The number of nitrogens with one attached hydrogen (secondary N) is 1. The van der Waals surface area contributed by atoms with Crippen molar-refractivity contribution in [1.29, 1.82) is 0 Å². The first kappa shape index (κ1) is 12.5. The number of benzene rings is 1. The summed E-state index contributed by atoms with van der Waals surface area (Å²) in [6.07, 6.45) is -3.51. The zero-order valence-electron chi connectivity index (χ0n) is 10.2. The van der Waals surface area contributed by atoms with E-state index in [0.29, 0.717) is 17.6 Å². The van der Waals surface area contributed by atoms with Gasteiger partial charge in [-0.05, 0) is 37.6 Å². The molecule has 1 saturated heterocycles. The van der Waals surface area contributed by atoms with E-state index in [9.17, 15) is 13.2 Å². The van der Waals surface area contributed by atoms with Crippen LogP contribution in [0.1, 0.15) is 12.2 Å². The molecule has 0 bridgehead atoms. The molecule has 0 spiro atoms. The van der Waals surface area contributed by atoms with Crippen LogP contribution in [0.3, 0.4) is 0 Å². The van der Waals surface area contributed by atoms with Gasteiger partial charge in [-0.25, -0.2) is 4.98 Å². The molecule has 1 aromatic carbocycles. The highest BCUT2D eigenvalue weighted by Crippen LogP contribution is 2.32. The molecule has 0 aliphatic carbocycles. The number of rotatable bonds is 2. The highest BCUT2D eigenvalue weighted by molar-refractivity contribution is 5.76. The number of para-hydroxylation sites is 2. The standard InChI is InChI=1S/C13H14F3N3/c14-13(15,16)12-18-10-3-1-2-4-11(10)19(12)8-9-5-6-17-7-9/h1-4,9,17H,5-8H2. The highest BCUT2D eigenvalue weighted by Gasteiger charge is 2.38. The molecule has 1 aromatic heterocycles. The SMILES string of the molecule is FC(F)(F)c1nc2ccccc2n1CC1CCNC1. The maximum atomic E-state index is 13.1. The first-order chi connectivity index (χ1) is 9.05. The Bertz CT molecular complexity index is 582. The van der Waals surface area contributed by atoms with Crippen molar-refractivity contribution >= 4 is 11.0 Å².